The van der Waals surface area contributed by atoms with Crippen molar-refractivity contribution in [3.63, 3.8) is 0 Å². The van der Waals surface area contributed by atoms with Gasteiger partial charge in [-0.3, -0.25) is 19.3 Å². The summed E-state index contributed by atoms with van der Waals surface area (Å²) in [5, 5.41) is 0.655. The molecule has 2 heterocycles. The monoisotopic (exact) mass is 350 g/mol. The third kappa shape index (κ3) is 3.76. The minimum atomic E-state index is -0.186. The van der Waals surface area contributed by atoms with E-state index < -0.39 is 0 Å². The van der Waals surface area contributed by atoms with E-state index in [4.69, 9.17) is 16.3 Å². The quantitative estimate of drug-likeness (QED) is 0.776. The highest BCUT2D eigenvalue weighted by Crippen LogP contribution is 2.24. The van der Waals surface area contributed by atoms with E-state index >= 15 is 0 Å². The number of likely N-dealkylation sites (tertiary alicyclic amines) is 1. The van der Waals surface area contributed by atoms with Gasteiger partial charge in [0.2, 0.25) is 17.7 Å². The summed E-state index contributed by atoms with van der Waals surface area (Å²) < 4.78 is 5.74. The first-order valence-electron chi connectivity index (χ1n) is 8.02. The molecule has 6 nitrogen and oxygen atoms in total. The maximum atomic E-state index is 12.4. The highest BCUT2D eigenvalue weighted by molar-refractivity contribution is 6.30. The van der Waals surface area contributed by atoms with Crippen LogP contribution in [-0.4, -0.2) is 53.8 Å². The Kier molecular flexibility index (Phi) is 5.16. The fourth-order valence-corrected chi connectivity index (χ4v) is 3.12. The van der Waals surface area contributed by atoms with Gasteiger partial charge in [0.15, 0.2) is 0 Å². The number of carbonyl (C=O) groups is 3. The fourth-order valence-electron chi connectivity index (χ4n) is 2.99. The highest BCUT2D eigenvalue weighted by Gasteiger charge is 2.30. The Morgan fingerprint density at radius 2 is 1.83 bits per heavy atom. The molecule has 3 rings (SSSR count). The number of hydrogen-bond donors (Lipinski definition) is 0. The first-order chi connectivity index (χ1) is 11.5. The van der Waals surface area contributed by atoms with Crippen LogP contribution in [0.5, 0.6) is 0 Å². The van der Waals surface area contributed by atoms with Crippen molar-refractivity contribution in [1.82, 2.24) is 9.80 Å². The number of halogens is 1. The van der Waals surface area contributed by atoms with Gasteiger partial charge >= 0.3 is 0 Å². The van der Waals surface area contributed by atoms with E-state index in [0.717, 1.165) is 5.56 Å². The van der Waals surface area contributed by atoms with Gasteiger partial charge in [-0.2, -0.15) is 0 Å². The van der Waals surface area contributed by atoms with Gasteiger partial charge in [0.05, 0.1) is 13.2 Å². The molecule has 128 valence electrons. The molecule has 0 bridgehead atoms. The predicted octanol–water partition coefficient (Wildman–Crippen LogP) is 1.78. The molecule has 0 radical (unpaired) electrons. The van der Waals surface area contributed by atoms with Crippen molar-refractivity contribution < 1.29 is 19.1 Å². The Morgan fingerprint density at radius 3 is 2.50 bits per heavy atom. The van der Waals surface area contributed by atoms with Gasteiger partial charge < -0.3 is 9.64 Å². The highest BCUT2D eigenvalue weighted by atomic mass is 35.5. The van der Waals surface area contributed by atoms with E-state index in [1.807, 2.05) is 12.1 Å². The minimum absolute atomic E-state index is 0.0650. The second kappa shape index (κ2) is 7.32. The second-order valence-electron chi connectivity index (χ2n) is 5.94. The van der Waals surface area contributed by atoms with E-state index in [1.165, 1.54) is 4.90 Å². The number of carbonyl (C=O) groups excluding carboxylic acids is 3. The molecular formula is C17H19ClN2O4. The largest absolute Gasteiger partial charge is 0.370 e. The van der Waals surface area contributed by atoms with Crippen LogP contribution in [0.2, 0.25) is 5.02 Å². The number of rotatable bonds is 4. The molecule has 2 saturated heterocycles. The lowest BCUT2D eigenvalue weighted by Gasteiger charge is -2.33. The second-order valence-corrected chi connectivity index (χ2v) is 6.38. The van der Waals surface area contributed by atoms with Crippen LogP contribution in [0.4, 0.5) is 0 Å². The molecule has 2 aliphatic rings. The van der Waals surface area contributed by atoms with E-state index in [9.17, 15) is 14.4 Å². The van der Waals surface area contributed by atoms with Crippen LogP contribution in [0, 0.1) is 0 Å². The standard InChI is InChI=1S/C17H19ClN2O4/c18-13-3-1-12(2-4-13)14-11-19(9-10-24-14)15(21)7-8-20-16(22)5-6-17(20)23/h1-4,14H,5-11H2. The lowest BCUT2D eigenvalue weighted by Crippen LogP contribution is -2.43. The summed E-state index contributed by atoms with van der Waals surface area (Å²) in [6, 6.07) is 7.38. The van der Waals surface area contributed by atoms with Gasteiger partial charge in [0, 0.05) is 37.4 Å². The molecule has 0 aliphatic carbocycles. The molecule has 0 aromatic heterocycles. The van der Waals surface area contributed by atoms with Crippen LogP contribution in [0.1, 0.15) is 30.9 Å². The molecule has 7 heteroatoms. The van der Waals surface area contributed by atoms with Crippen molar-refractivity contribution in [3.8, 4) is 0 Å². The molecule has 1 atom stereocenters. The zero-order chi connectivity index (χ0) is 17.1. The van der Waals surface area contributed by atoms with E-state index in [-0.39, 0.29) is 49.6 Å². The smallest absolute Gasteiger partial charge is 0.229 e. The number of morpholine rings is 1. The maximum absolute atomic E-state index is 12.4. The zero-order valence-electron chi connectivity index (χ0n) is 13.2. The molecule has 0 saturated carbocycles. The van der Waals surface area contributed by atoms with Crippen molar-refractivity contribution in [2.45, 2.75) is 25.4 Å². The van der Waals surface area contributed by atoms with Crippen LogP contribution in [0.25, 0.3) is 0 Å². The van der Waals surface area contributed by atoms with Crippen LogP contribution in [-0.2, 0) is 19.1 Å². The predicted molar refractivity (Wildman–Crippen MR) is 87.3 cm³/mol. The molecule has 0 N–H and O–H groups in total. The van der Waals surface area contributed by atoms with Crippen molar-refractivity contribution in [2.24, 2.45) is 0 Å². The van der Waals surface area contributed by atoms with Crippen LogP contribution < -0.4 is 0 Å². The number of nitrogens with zero attached hydrogens (tertiary/aromatic N) is 2. The topological polar surface area (TPSA) is 66.9 Å². The normalized spacial score (nSPS) is 21.5. The van der Waals surface area contributed by atoms with E-state index in [1.54, 1.807) is 17.0 Å². The molecular weight excluding hydrogens is 332 g/mol. The van der Waals surface area contributed by atoms with Gasteiger partial charge in [0.25, 0.3) is 0 Å². The molecule has 3 amide bonds. The Balaban J connectivity index is 1.56. The summed E-state index contributed by atoms with van der Waals surface area (Å²) in [4.78, 5) is 38.5. The molecule has 2 fully saturated rings. The van der Waals surface area contributed by atoms with Crippen molar-refractivity contribution >= 4 is 29.3 Å². The van der Waals surface area contributed by atoms with Crippen molar-refractivity contribution in [1.29, 1.82) is 0 Å². The number of ether oxygens (including phenoxy) is 1. The van der Waals surface area contributed by atoms with Crippen molar-refractivity contribution in [3.05, 3.63) is 34.9 Å². The average Bonchev–Trinajstić information content (AvgIpc) is 2.92. The van der Waals surface area contributed by atoms with Gasteiger partial charge in [0.1, 0.15) is 6.10 Å². The van der Waals surface area contributed by atoms with E-state index in [2.05, 4.69) is 0 Å². The van der Waals surface area contributed by atoms with Gasteiger partial charge in [-0.15, -0.1) is 0 Å². The molecule has 2 aliphatic heterocycles. The Morgan fingerprint density at radius 1 is 1.17 bits per heavy atom. The van der Waals surface area contributed by atoms with E-state index in [0.29, 0.717) is 24.7 Å². The Bertz CT molecular complexity index is 630. The van der Waals surface area contributed by atoms with Gasteiger partial charge in [-0.05, 0) is 17.7 Å². The summed E-state index contributed by atoms with van der Waals surface area (Å²) in [7, 11) is 0. The molecule has 24 heavy (non-hydrogen) atoms. The summed E-state index contributed by atoms with van der Waals surface area (Å²) in [6.07, 6.45) is 0.479. The maximum Gasteiger partial charge on any atom is 0.229 e. The third-order valence-corrected chi connectivity index (χ3v) is 4.62. The van der Waals surface area contributed by atoms with Crippen molar-refractivity contribution in [2.75, 3.05) is 26.2 Å². The Labute approximate surface area is 145 Å². The molecule has 0 spiro atoms. The van der Waals surface area contributed by atoms with Gasteiger partial charge in [-0.1, -0.05) is 23.7 Å². The SMILES string of the molecule is O=C(CCN1C(=O)CCC1=O)N1CCOC(c2ccc(Cl)cc2)C1. The van der Waals surface area contributed by atoms with Crippen LogP contribution in [0.15, 0.2) is 24.3 Å². The summed E-state index contributed by atoms with van der Waals surface area (Å²) in [5.41, 5.74) is 0.974. The summed E-state index contributed by atoms with van der Waals surface area (Å²) in [5.74, 6) is -0.438. The Hall–Kier alpha value is -1.92. The average molecular weight is 351 g/mol. The molecule has 1 aromatic rings. The number of hydrogen-bond acceptors (Lipinski definition) is 4. The first-order valence-corrected chi connectivity index (χ1v) is 8.40. The minimum Gasteiger partial charge on any atom is -0.370 e. The first kappa shape index (κ1) is 16.9. The van der Waals surface area contributed by atoms with Crippen LogP contribution in [0.3, 0.4) is 0 Å². The molecule has 1 unspecified atom stereocenters. The number of amides is 3. The fraction of sp³-hybridized carbons (Fsp3) is 0.471. The summed E-state index contributed by atoms with van der Waals surface area (Å²) >= 11 is 5.89. The number of benzene rings is 1. The van der Waals surface area contributed by atoms with Crippen LogP contribution >= 0.6 is 11.6 Å². The molecule has 1 aromatic carbocycles. The van der Waals surface area contributed by atoms with Gasteiger partial charge in [-0.25, -0.2) is 0 Å². The number of imide groups is 1. The lowest BCUT2D eigenvalue weighted by atomic mass is 10.1. The third-order valence-electron chi connectivity index (χ3n) is 4.37. The zero-order valence-corrected chi connectivity index (χ0v) is 14.0. The summed E-state index contributed by atoms with van der Waals surface area (Å²) in [6.45, 7) is 1.60. The lowest BCUT2D eigenvalue weighted by molar-refractivity contribution is -0.142.